The van der Waals surface area contributed by atoms with E-state index in [1.165, 1.54) is 29.0 Å². The SMILES string of the molecule is CCOc1ccc(S(=O)(=O)NCCC(=O)Nc2nc(-c3ccc(C(C)(C)C)cc3)cs2)cc1. The van der Waals surface area contributed by atoms with Gasteiger partial charge in [-0.2, -0.15) is 0 Å². The molecule has 0 aliphatic heterocycles. The van der Waals surface area contributed by atoms with Gasteiger partial charge in [0.2, 0.25) is 15.9 Å². The van der Waals surface area contributed by atoms with E-state index in [-0.39, 0.29) is 29.2 Å². The summed E-state index contributed by atoms with van der Waals surface area (Å²) in [4.78, 5) is 16.9. The molecule has 0 atom stereocenters. The minimum Gasteiger partial charge on any atom is -0.494 e. The fourth-order valence-corrected chi connectivity index (χ4v) is 4.82. The summed E-state index contributed by atoms with van der Waals surface area (Å²) in [6.07, 6.45) is -0.00848. The average Bonchev–Trinajstić information content (AvgIpc) is 3.22. The molecule has 2 aromatic carbocycles. The second-order valence-corrected chi connectivity index (χ2v) is 11.1. The number of hydrogen-bond acceptors (Lipinski definition) is 6. The molecular weight excluding hydrogens is 458 g/mol. The van der Waals surface area contributed by atoms with Gasteiger partial charge in [0, 0.05) is 23.9 Å². The Morgan fingerprint density at radius 3 is 2.33 bits per heavy atom. The first kappa shape index (κ1) is 24.9. The fourth-order valence-electron chi connectivity index (χ4n) is 3.05. The number of ether oxygens (including phenoxy) is 1. The average molecular weight is 488 g/mol. The molecule has 0 saturated carbocycles. The molecule has 0 bridgehead atoms. The van der Waals surface area contributed by atoms with Gasteiger partial charge < -0.3 is 10.1 Å². The lowest BCUT2D eigenvalue weighted by Crippen LogP contribution is -2.27. The van der Waals surface area contributed by atoms with Gasteiger partial charge in [0.25, 0.3) is 0 Å². The number of carbonyl (C=O) groups excluding carboxylic acids is 1. The molecule has 0 aliphatic carbocycles. The smallest absolute Gasteiger partial charge is 0.240 e. The van der Waals surface area contributed by atoms with Gasteiger partial charge in [0.15, 0.2) is 5.13 Å². The molecule has 1 aromatic heterocycles. The van der Waals surface area contributed by atoms with Crippen molar-refractivity contribution in [3.63, 3.8) is 0 Å². The van der Waals surface area contributed by atoms with Gasteiger partial charge in [-0.15, -0.1) is 11.3 Å². The van der Waals surface area contributed by atoms with Gasteiger partial charge in [-0.3, -0.25) is 4.79 Å². The highest BCUT2D eigenvalue weighted by Gasteiger charge is 2.16. The lowest BCUT2D eigenvalue weighted by molar-refractivity contribution is -0.116. The van der Waals surface area contributed by atoms with Gasteiger partial charge in [0.1, 0.15) is 5.75 Å². The summed E-state index contributed by atoms with van der Waals surface area (Å²) in [6, 6.07) is 14.4. The molecule has 0 aliphatic rings. The monoisotopic (exact) mass is 487 g/mol. The van der Waals surface area contributed by atoms with Crippen LogP contribution in [0.5, 0.6) is 5.75 Å². The van der Waals surface area contributed by atoms with Crippen LogP contribution < -0.4 is 14.8 Å². The Morgan fingerprint density at radius 2 is 1.73 bits per heavy atom. The number of sulfonamides is 1. The van der Waals surface area contributed by atoms with Gasteiger partial charge >= 0.3 is 0 Å². The van der Waals surface area contributed by atoms with Gasteiger partial charge in [-0.25, -0.2) is 18.1 Å². The second kappa shape index (κ2) is 10.5. The Balaban J connectivity index is 1.51. The maximum Gasteiger partial charge on any atom is 0.240 e. The molecule has 33 heavy (non-hydrogen) atoms. The predicted octanol–water partition coefficient (Wildman–Crippen LogP) is 4.81. The molecule has 2 N–H and O–H groups in total. The van der Waals surface area contributed by atoms with Gasteiger partial charge in [0.05, 0.1) is 17.2 Å². The number of rotatable bonds is 9. The van der Waals surface area contributed by atoms with Crippen molar-refractivity contribution in [1.82, 2.24) is 9.71 Å². The molecule has 7 nitrogen and oxygen atoms in total. The zero-order valence-electron chi connectivity index (χ0n) is 19.2. The molecule has 1 heterocycles. The molecule has 1 amide bonds. The van der Waals surface area contributed by atoms with Gasteiger partial charge in [-0.05, 0) is 42.2 Å². The first-order valence-corrected chi connectivity index (χ1v) is 13.0. The van der Waals surface area contributed by atoms with E-state index in [0.717, 1.165) is 11.3 Å². The first-order valence-electron chi connectivity index (χ1n) is 10.7. The van der Waals surface area contributed by atoms with Crippen LogP contribution in [0.1, 0.15) is 39.7 Å². The normalized spacial score (nSPS) is 11.9. The number of amides is 1. The van der Waals surface area contributed by atoms with E-state index in [2.05, 4.69) is 47.9 Å². The summed E-state index contributed by atoms with van der Waals surface area (Å²) in [5.41, 5.74) is 3.08. The van der Waals surface area contributed by atoms with Crippen molar-refractivity contribution < 1.29 is 17.9 Å². The lowest BCUT2D eigenvalue weighted by atomic mass is 9.86. The molecule has 0 radical (unpaired) electrons. The second-order valence-electron chi connectivity index (χ2n) is 8.47. The predicted molar refractivity (Wildman–Crippen MR) is 132 cm³/mol. The Kier molecular flexibility index (Phi) is 7.88. The van der Waals surface area contributed by atoms with Crippen LogP contribution in [0.4, 0.5) is 5.13 Å². The van der Waals surface area contributed by atoms with E-state index in [4.69, 9.17) is 4.74 Å². The van der Waals surface area contributed by atoms with Crippen LogP contribution in [0.25, 0.3) is 11.3 Å². The fraction of sp³-hybridized carbons (Fsp3) is 0.333. The van der Waals surface area contributed by atoms with Crippen molar-refractivity contribution >= 4 is 32.4 Å². The Morgan fingerprint density at radius 1 is 1.06 bits per heavy atom. The van der Waals surface area contributed by atoms with Gasteiger partial charge in [-0.1, -0.05) is 45.0 Å². The maximum atomic E-state index is 12.4. The summed E-state index contributed by atoms with van der Waals surface area (Å²) in [6.45, 7) is 8.83. The summed E-state index contributed by atoms with van der Waals surface area (Å²) in [7, 11) is -3.71. The van der Waals surface area contributed by atoms with Crippen LogP contribution in [-0.2, 0) is 20.2 Å². The number of benzene rings is 2. The first-order chi connectivity index (χ1) is 15.6. The third-order valence-electron chi connectivity index (χ3n) is 4.89. The summed E-state index contributed by atoms with van der Waals surface area (Å²) >= 11 is 1.33. The van der Waals surface area contributed by atoms with Crippen LogP contribution in [0, 0.1) is 0 Å². The zero-order valence-corrected chi connectivity index (χ0v) is 20.8. The minimum absolute atomic E-state index is 0.00848. The Bertz CT molecular complexity index is 1180. The van der Waals surface area contributed by atoms with E-state index in [1.807, 2.05) is 24.4 Å². The van der Waals surface area contributed by atoms with Crippen molar-refractivity contribution in [1.29, 1.82) is 0 Å². The molecule has 9 heteroatoms. The quantitative estimate of drug-likeness (QED) is 0.451. The maximum absolute atomic E-state index is 12.4. The lowest BCUT2D eigenvalue weighted by Gasteiger charge is -2.18. The van der Waals surface area contributed by atoms with Crippen LogP contribution >= 0.6 is 11.3 Å². The van der Waals surface area contributed by atoms with Crippen molar-refractivity contribution in [3.05, 3.63) is 59.5 Å². The molecule has 0 saturated heterocycles. The number of carbonyl (C=O) groups is 1. The Labute approximate surface area is 199 Å². The molecular formula is C24H29N3O4S2. The standard InChI is InChI=1S/C24H29N3O4S2/c1-5-31-19-10-12-20(13-11-19)33(29,30)25-15-14-22(28)27-23-26-21(16-32-23)17-6-8-18(9-7-17)24(2,3)4/h6-13,16,25H,5,14-15H2,1-4H3,(H,26,27,28). The van der Waals surface area contributed by atoms with Crippen molar-refractivity contribution in [2.45, 2.75) is 44.4 Å². The number of nitrogens with one attached hydrogen (secondary N) is 2. The van der Waals surface area contributed by atoms with Crippen molar-refractivity contribution in [2.75, 3.05) is 18.5 Å². The minimum atomic E-state index is -3.71. The molecule has 0 unspecified atom stereocenters. The van der Waals surface area contributed by atoms with Crippen molar-refractivity contribution in [3.8, 4) is 17.0 Å². The van der Waals surface area contributed by atoms with E-state index < -0.39 is 10.0 Å². The zero-order chi connectivity index (χ0) is 24.1. The van der Waals surface area contributed by atoms with E-state index in [9.17, 15) is 13.2 Å². The number of thiazole rings is 1. The number of anilines is 1. The third kappa shape index (κ3) is 6.86. The number of aromatic nitrogens is 1. The van der Waals surface area contributed by atoms with E-state index >= 15 is 0 Å². The topological polar surface area (TPSA) is 97.4 Å². The summed E-state index contributed by atoms with van der Waals surface area (Å²) < 4.78 is 32.6. The summed E-state index contributed by atoms with van der Waals surface area (Å²) in [5.74, 6) is 0.289. The highest BCUT2D eigenvalue weighted by molar-refractivity contribution is 7.89. The highest BCUT2D eigenvalue weighted by Crippen LogP contribution is 2.28. The summed E-state index contributed by atoms with van der Waals surface area (Å²) in [5, 5.41) is 5.09. The number of nitrogens with zero attached hydrogens (tertiary/aromatic N) is 1. The van der Waals surface area contributed by atoms with Crippen LogP contribution in [-0.4, -0.2) is 32.5 Å². The van der Waals surface area contributed by atoms with E-state index in [0.29, 0.717) is 17.5 Å². The third-order valence-corrected chi connectivity index (χ3v) is 7.12. The van der Waals surface area contributed by atoms with Crippen LogP contribution in [0.15, 0.2) is 58.8 Å². The highest BCUT2D eigenvalue weighted by atomic mass is 32.2. The largest absolute Gasteiger partial charge is 0.494 e. The molecule has 0 fully saturated rings. The number of hydrogen-bond donors (Lipinski definition) is 2. The van der Waals surface area contributed by atoms with Crippen LogP contribution in [0.3, 0.4) is 0 Å². The molecule has 0 spiro atoms. The van der Waals surface area contributed by atoms with Crippen LogP contribution in [0.2, 0.25) is 0 Å². The van der Waals surface area contributed by atoms with E-state index in [1.54, 1.807) is 12.1 Å². The Hall–Kier alpha value is -2.75. The van der Waals surface area contributed by atoms with Crippen molar-refractivity contribution in [2.24, 2.45) is 0 Å². The molecule has 3 aromatic rings. The molecule has 176 valence electrons. The molecule has 3 rings (SSSR count).